The summed E-state index contributed by atoms with van der Waals surface area (Å²) >= 11 is 0. The van der Waals surface area contributed by atoms with Gasteiger partial charge in [-0.15, -0.1) is 0 Å². The minimum absolute atomic E-state index is 0.686. The predicted molar refractivity (Wildman–Crippen MR) is 188 cm³/mol. The summed E-state index contributed by atoms with van der Waals surface area (Å²) in [5.41, 5.74) is 0. The van der Waals surface area contributed by atoms with Crippen molar-refractivity contribution in [3.63, 3.8) is 0 Å². The van der Waals surface area contributed by atoms with Gasteiger partial charge in [-0.1, -0.05) is 0 Å². The Morgan fingerprint density at radius 3 is 1.41 bits per heavy atom. The van der Waals surface area contributed by atoms with Crippen LogP contribution < -0.4 is 10.6 Å². The second kappa shape index (κ2) is 21.3. The Hall–Kier alpha value is -1.98. The molecule has 5 aliphatic heterocycles. The van der Waals surface area contributed by atoms with E-state index in [1.807, 2.05) is 0 Å². The molecule has 5 rings (SSSR count). The summed E-state index contributed by atoms with van der Waals surface area (Å²) in [4.78, 5) is 24.3. The van der Waals surface area contributed by atoms with Gasteiger partial charge in [-0.25, -0.2) is 0 Å². The van der Waals surface area contributed by atoms with E-state index in [1.165, 1.54) is 6.92 Å². The van der Waals surface area contributed by atoms with Crippen molar-refractivity contribution in [2.75, 3.05) is 26.4 Å². The third-order valence-corrected chi connectivity index (χ3v) is 11.1. The molecule has 5 fully saturated rings. The van der Waals surface area contributed by atoms with Gasteiger partial charge in [0.2, 0.25) is 11.8 Å². The largest absolute Gasteiger partial charge is 0.394 e. The number of amides is 2. The summed E-state index contributed by atoms with van der Waals surface area (Å²) in [7, 11) is 0. The number of hydrogen-bond donors (Lipinski definition) is 16. The highest BCUT2D eigenvalue weighted by Gasteiger charge is 2.57. The van der Waals surface area contributed by atoms with Crippen LogP contribution in [0.1, 0.15) is 20.8 Å². The first kappa shape index (κ1) is 50.0. The molecule has 27 nitrogen and oxygen atoms in total. The van der Waals surface area contributed by atoms with Crippen molar-refractivity contribution in [3.05, 3.63) is 0 Å². The lowest BCUT2D eigenvalue weighted by atomic mass is 9.94. The lowest BCUT2D eigenvalue weighted by molar-refractivity contribution is -0.381. The molecule has 354 valence electrons. The standard InChI is InChI=1S/C34H58N2O25/c1-8-26(58-33-23(49)21(47)17(43)11(4-37)56-33)22(48)24(50)32(53-8)60-28-16(36-10(3)42)31(55-12(5-38)18(28)44)61-29-19(45)13(6-39)57-34(25(29)51)59-27-14(7-40)54-30(52)15(20(27)46)35-9(2)41/h8,11-34,37-40,43-52H,4-7H2,1-3H3,(H,35,41)(H,36,42)/t8-,11+,12+,13+,14+,15+,16+,17-,18+,19-,20+,21-,22-,23+,24-,25+,26+,27+,28+,29-,30?,31-,32-,33-,34-/m0/s1. The molecule has 5 aliphatic rings. The first-order valence-corrected chi connectivity index (χ1v) is 19.5. The second-order valence-corrected chi connectivity index (χ2v) is 15.4. The molecular formula is C34H58N2O25. The average molecular weight is 895 g/mol. The highest BCUT2D eigenvalue weighted by Crippen LogP contribution is 2.35. The molecule has 1 unspecified atom stereocenters. The molecule has 0 spiro atoms. The van der Waals surface area contributed by atoms with E-state index in [2.05, 4.69) is 10.6 Å². The normalized spacial score (nSPS) is 49.6. The van der Waals surface area contributed by atoms with Crippen molar-refractivity contribution in [1.82, 2.24) is 10.6 Å². The van der Waals surface area contributed by atoms with Gasteiger partial charge in [0.1, 0.15) is 116 Å². The zero-order valence-electron chi connectivity index (χ0n) is 33.0. The van der Waals surface area contributed by atoms with Crippen molar-refractivity contribution in [2.45, 2.75) is 174 Å². The van der Waals surface area contributed by atoms with E-state index in [1.54, 1.807) is 0 Å². The molecule has 2 amide bonds. The first-order chi connectivity index (χ1) is 28.8. The number of carbonyl (C=O) groups is 2. The SMILES string of the molecule is CC(=O)N[C@H]1[C@H](O[C@H]2[C@@H](O)[C@@H](CO)O[C@@H](O[C@H]3[C@H](O)[C@@H](NC(C)=O)C(O)O[C@@H]3CO)[C@@H]2O)O[C@H](CO)[C@@H](O)[C@@H]1O[C@@H]1O[C@@H](C)[C@@H](O[C@@H]2O[C@H](CO)[C@H](O)[C@H](O)[C@H]2O)[C@@H](O)[C@@H]1O. The third-order valence-electron chi connectivity index (χ3n) is 11.1. The van der Waals surface area contributed by atoms with Gasteiger partial charge < -0.3 is 125 Å². The molecule has 0 aliphatic carbocycles. The predicted octanol–water partition coefficient (Wildman–Crippen LogP) is -10.6. The number of ether oxygens (including phenoxy) is 9. The van der Waals surface area contributed by atoms with Crippen LogP contribution >= 0.6 is 0 Å². The molecule has 0 bridgehead atoms. The molecule has 0 aromatic heterocycles. The zero-order chi connectivity index (χ0) is 45.2. The van der Waals surface area contributed by atoms with Crippen LogP contribution in [-0.2, 0) is 52.2 Å². The molecule has 0 saturated carbocycles. The molecule has 0 aromatic rings. The van der Waals surface area contributed by atoms with E-state index >= 15 is 0 Å². The monoisotopic (exact) mass is 894 g/mol. The molecule has 61 heavy (non-hydrogen) atoms. The average Bonchev–Trinajstić information content (AvgIpc) is 3.21. The van der Waals surface area contributed by atoms with Gasteiger partial charge in [-0.05, 0) is 6.92 Å². The number of aliphatic hydroxyl groups excluding tert-OH is 14. The fraction of sp³-hybridized carbons (Fsp3) is 0.941. The summed E-state index contributed by atoms with van der Waals surface area (Å²) in [5, 5.41) is 153. The van der Waals surface area contributed by atoms with Crippen LogP contribution in [0.4, 0.5) is 0 Å². The van der Waals surface area contributed by atoms with Crippen LogP contribution in [-0.4, -0.2) is 263 Å². The second-order valence-electron chi connectivity index (χ2n) is 15.4. The summed E-state index contributed by atoms with van der Waals surface area (Å²) in [6, 6.07) is -3.16. The topological polar surface area (TPSA) is 424 Å². The number of hydrogen-bond acceptors (Lipinski definition) is 25. The maximum Gasteiger partial charge on any atom is 0.217 e. The van der Waals surface area contributed by atoms with Crippen molar-refractivity contribution in [3.8, 4) is 0 Å². The van der Waals surface area contributed by atoms with E-state index in [-0.39, 0.29) is 0 Å². The van der Waals surface area contributed by atoms with Crippen molar-refractivity contribution < 1.29 is 124 Å². The number of nitrogens with one attached hydrogen (secondary N) is 2. The van der Waals surface area contributed by atoms with Crippen LogP contribution in [0.2, 0.25) is 0 Å². The van der Waals surface area contributed by atoms with Crippen LogP contribution in [0.5, 0.6) is 0 Å². The Balaban J connectivity index is 1.36. The quantitative estimate of drug-likeness (QED) is 0.0770. The van der Waals surface area contributed by atoms with E-state index in [4.69, 9.17) is 42.6 Å². The maximum absolute atomic E-state index is 12.6. The Kier molecular flexibility index (Phi) is 17.5. The molecule has 5 heterocycles. The van der Waals surface area contributed by atoms with Crippen molar-refractivity contribution in [2.24, 2.45) is 0 Å². The molecule has 5 saturated heterocycles. The fourth-order valence-electron chi connectivity index (χ4n) is 7.81. The Bertz CT molecular complexity index is 1420. The minimum atomic E-state index is -2.09. The lowest BCUT2D eigenvalue weighted by Crippen LogP contribution is -2.70. The Morgan fingerprint density at radius 2 is 0.852 bits per heavy atom. The Labute approximate surface area is 346 Å². The van der Waals surface area contributed by atoms with E-state index in [0.717, 1.165) is 13.8 Å². The summed E-state index contributed by atoms with van der Waals surface area (Å²) in [6.07, 6.45) is -40.5. The van der Waals surface area contributed by atoms with Crippen LogP contribution in [0.15, 0.2) is 0 Å². The molecule has 16 N–H and O–H groups in total. The first-order valence-electron chi connectivity index (χ1n) is 19.5. The summed E-state index contributed by atoms with van der Waals surface area (Å²) in [5.74, 6) is -1.48. The van der Waals surface area contributed by atoms with Gasteiger partial charge in [0.05, 0.1) is 32.5 Å². The maximum atomic E-state index is 12.6. The summed E-state index contributed by atoms with van der Waals surface area (Å²) < 4.78 is 51.1. The van der Waals surface area contributed by atoms with Crippen LogP contribution in [0.3, 0.4) is 0 Å². The fourth-order valence-corrected chi connectivity index (χ4v) is 7.81. The van der Waals surface area contributed by atoms with Gasteiger partial charge in [-0.3, -0.25) is 9.59 Å². The van der Waals surface area contributed by atoms with Crippen LogP contribution in [0.25, 0.3) is 0 Å². The number of rotatable bonds is 14. The molecule has 25 atom stereocenters. The summed E-state index contributed by atoms with van der Waals surface area (Å²) in [6.45, 7) is -0.0544. The van der Waals surface area contributed by atoms with Crippen LogP contribution in [0, 0.1) is 0 Å². The van der Waals surface area contributed by atoms with Gasteiger partial charge in [0.15, 0.2) is 31.5 Å². The molecule has 27 heteroatoms. The van der Waals surface area contributed by atoms with Gasteiger partial charge in [0, 0.05) is 13.8 Å². The third kappa shape index (κ3) is 10.8. The Morgan fingerprint density at radius 1 is 0.426 bits per heavy atom. The van der Waals surface area contributed by atoms with E-state index in [9.17, 15) is 81.1 Å². The molecule has 0 aromatic carbocycles. The number of aliphatic hydroxyl groups is 14. The van der Waals surface area contributed by atoms with Gasteiger partial charge in [0.25, 0.3) is 0 Å². The smallest absolute Gasteiger partial charge is 0.217 e. The van der Waals surface area contributed by atoms with Gasteiger partial charge in [-0.2, -0.15) is 0 Å². The lowest BCUT2D eigenvalue weighted by Gasteiger charge is -2.50. The highest BCUT2D eigenvalue weighted by molar-refractivity contribution is 5.73. The van der Waals surface area contributed by atoms with Crippen molar-refractivity contribution >= 4 is 11.8 Å². The van der Waals surface area contributed by atoms with Crippen molar-refractivity contribution in [1.29, 1.82) is 0 Å². The van der Waals surface area contributed by atoms with E-state index < -0.39 is 192 Å². The zero-order valence-corrected chi connectivity index (χ0v) is 33.0. The molecular weight excluding hydrogens is 836 g/mol. The number of carbonyl (C=O) groups excluding carboxylic acids is 2. The van der Waals surface area contributed by atoms with E-state index in [0.29, 0.717) is 0 Å². The minimum Gasteiger partial charge on any atom is -0.394 e. The van der Waals surface area contributed by atoms with Gasteiger partial charge >= 0.3 is 0 Å². The highest BCUT2D eigenvalue weighted by atomic mass is 16.8. The molecule has 0 radical (unpaired) electrons.